The summed E-state index contributed by atoms with van der Waals surface area (Å²) in [4.78, 5) is 40.3. The minimum Gasteiger partial charge on any atom is -0.507 e. The lowest BCUT2D eigenvalue weighted by atomic mass is 9.75. The maximum atomic E-state index is 13.6. The topological polar surface area (TPSA) is 110 Å². The molecule has 2 heterocycles. The van der Waals surface area contributed by atoms with E-state index in [9.17, 15) is 24.8 Å². The number of ether oxygens (including phenoxy) is 1. The van der Waals surface area contributed by atoms with Crippen molar-refractivity contribution in [2.24, 2.45) is 0 Å². The van der Waals surface area contributed by atoms with E-state index in [1.165, 1.54) is 31.0 Å². The number of phenolic OH excluding ortho intramolecular Hbond substituents is 1. The van der Waals surface area contributed by atoms with Gasteiger partial charge in [0.05, 0.1) is 17.7 Å². The maximum absolute atomic E-state index is 13.6. The molecule has 1 fully saturated rings. The summed E-state index contributed by atoms with van der Waals surface area (Å²) in [6, 6.07) is 10.9. The number of rotatable bonds is 3. The Kier molecular flexibility index (Phi) is 4.37. The largest absolute Gasteiger partial charge is 0.507 e. The number of methoxy groups -OCH3 is 1. The van der Waals surface area contributed by atoms with Crippen LogP contribution >= 0.6 is 11.8 Å². The van der Waals surface area contributed by atoms with E-state index in [1.807, 2.05) is 0 Å². The summed E-state index contributed by atoms with van der Waals surface area (Å²) in [7, 11) is 1.44. The molecule has 0 radical (unpaired) electrons. The van der Waals surface area contributed by atoms with Gasteiger partial charge in [-0.2, -0.15) is 0 Å². The fourth-order valence-electron chi connectivity index (χ4n) is 4.40. The van der Waals surface area contributed by atoms with Crippen molar-refractivity contribution in [1.29, 1.82) is 0 Å². The van der Waals surface area contributed by atoms with Crippen LogP contribution in [0.2, 0.25) is 0 Å². The highest BCUT2D eigenvalue weighted by Crippen LogP contribution is 2.52. The van der Waals surface area contributed by atoms with Gasteiger partial charge in [0.25, 0.3) is 5.70 Å². The Morgan fingerprint density at radius 2 is 1.87 bits per heavy atom. The lowest BCUT2D eigenvalue weighted by Gasteiger charge is -2.35. The number of benzene rings is 2. The van der Waals surface area contributed by atoms with Gasteiger partial charge in [-0.05, 0) is 6.07 Å². The van der Waals surface area contributed by atoms with Crippen molar-refractivity contribution in [2.75, 3.05) is 19.4 Å². The van der Waals surface area contributed by atoms with Gasteiger partial charge in [-0.15, -0.1) is 0 Å². The number of allylic oxidation sites excluding steroid dienone is 2. The number of Topliss-reactive ketones (excluding diaryl/α,β-unsaturated/α-hetero) is 2. The number of nitrogens with zero attached hydrogens (tertiary/aromatic N) is 2. The lowest BCUT2D eigenvalue weighted by molar-refractivity contribution is -0.430. The monoisotopic (exact) mass is 436 g/mol. The van der Waals surface area contributed by atoms with Crippen LogP contribution in [0.1, 0.15) is 32.2 Å². The summed E-state index contributed by atoms with van der Waals surface area (Å²) in [5.74, 6) is -1.29. The molecule has 0 saturated carbocycles. The predicted molar refractivity (Wildman–Crippen MR) is 113 cm³/mol. The second-order valence-corrected chi connectivity index (χ2v) is 8.36. The number of fused-ring (bicyclic) bond motifs is 3. The lowest BCUT2D eigenvalue weighted by Crippen LogP contribution is -2.39. The maximum Gasteiger partial charge on any atom is 0.288 e. The Labute approximate surface area is 181 Å². The zero-order valence-electron chi connectivity index (χ0n) is 16.3. The highest BCUT2D eigenvalue weighted by atomic mass is 32.2. The zero-order chi connectivity index (χ0) is 21.9. The molecule has 1 N–H and O–H groups in total. The molecule has 5 rings (SSSR count). The van der Waals surface area contributed by atoms with Crippen molar-refractivity contribution in [3.63, 3.8) is 0 Å². The van der Waals surface area contributed by atoms with E-state index in [2.05, 4.69) is 0 Å². The molecule has 2 aromatic carbocycles. The van der Waals surface area contributed by atoms with Crippen LogP contribution in [0.25, 0.3) is 0 Å². The second kappa shape index (κ2) is 6.98. The van der Waals surface area contributed by atoms with Crippen molar-refractivity contribution in [3.05, 3.63) is 91.3 Å². The van der Waals surface area contributed by atoms with E-state index in [0.717, 1.165) is 0 Å². The Bertz CT molecular complexity index is 1250. The molecular formula is C22H16N2O6S. The molecule has 1 atom stereocenters. The van der Waals surface area contributed by atoms with Gasteiger partial charge in [-0.25, -0.2) is 0 Å². The van der Waals surface area contributed by atoms with Crippen LogP contribution in [0.5, 0.6) is 11.5 Å². The minimum atomic E-state index is -1.18. The number of phenols is 1. The average molecular weight is 436 g/mol. The molecule has 1 unspecified atom stereocenters. The third-order valence-electron chi connectivity index (χ3n) is 5.73. The first-order valence-electron chi connectivity index (χ1n) is 9.52. The molecule has 0 spiro atoms. The molecule has 3 aliphatic rings. The molecule has 0 aromatic heterocycles. The number of aromatic hydroxyl groups is 1. The van der Waals surface area contributed by atoms with Gasteiger partial charge < -0.3 is 14.7 Å². The summed E-state index contributed by atoms with van der Waals surface area (Å²) in [6.07, 6.45) is 0. The molecule has 8 nitrogen and oxygen atoms in total. The standard InChI is InChI=1S/C22H16N2O6S/c1-30-11-6-7-14(15(25)10-11)16-17-18(23-8-9-31-22(23)19(16)24(28)29)21(27)13-5-3-2-4-12(13)20(17)26/h2-7,10,16,25H,8-9H2,1H3. The van der Waals surface area contributed by atoms with Crippen LogP contribution < -0.4 is 4.74 Å². The van der Waals surface area contributed by atoms with Gasteiger partial charge >= 0.3 is 0 Å². The van der Waals surface area contributed by atoms with Crippen molar-refractivity contribution in [3.8, 4) is 11.5 Å². The number of nitro groups is 1. The first-order valence-corrected chi connectivity index (χ1v) is 10.5. The van der Waals surface area contributed by atoms with Crippen molar-refractivity contribution in [2.45, 2.75) is 5.92 Å². The predicted octanol–water partition coefficient (Wildman–Crippen LogP) is 3.33. The summed E-state index contributed by atoms with van der Waals surface area (Å²) >= 11 is 1.27. The molecule has 2 aromatic rings. The smallest absolute Gasteiger partial charge is 0.288 e. The number of thioether (sulfide) groups is 1. The van der Waals surface area contributed by atoms with Crippen LogP contribution in [0, 0.1) is 10.1 Å². The third-order valence-corrected chi connectivity index (χ3v) is 6.82. The van der Waals surface area contributed by atoms with Gasteiger partial charge in [0.2, 0.25) is 5.78 Å². The molecule has 31 heavy (non-hydrogen) atoms. The average Bonchev–Trinajstić information content (AvgIpc) is 3.25. The molecule has 2 aliphatic heterocycles. The second-order valence-electron chi connectivity index (χ2n) is 7.27. The number of hydrogen-bond donors (Lipinski definition) is 1. The highest BCUT2D eigenvalue weighted by Gasteiger charge is 2.51. The molecular weight excluding hydrogens is 420 g/mol. The van der Waals surface area contributed by atoms with Gasteiger partial charge in [0, 0.05) is 40.6 Å². The van der Waals surface area contributed by atoms with E-state index < -0.39 is 16.6 Å². The fraction of sp³-hybridized carbons (Fsp3) is 0.182. The number of ketones is 2. The highest BCUT2D eigenvalue weighted by molar-refractivity contribution is 8.03. The van der Waals surface area contributed by atoms with Gasteiger partial charge in [-0.3, -0.25) is 19.7 Å². The van der Waals surface area contributed by atoms with E-state index in [-0.39, 0.29) is 45.2 Å². The third kappa shape index (κ3) is 2.70. The molecule has 9 heteroatoms. The summed E-state index contributed by atoms with van der Waals surface area (Å²) in [5.41, 5.74) is 0.658. The fourth-order valence-corrected chi connectivity index (χ4v) is 5.54. The van der Waals surface area contributed by atoms with Crippen LogP contribution in [-0.2, 0) is 0 Å². The molecule has 0 bridgehead atoms. The van der Waals surface area contributed by atoms with Crippen LogP contribution in [0.4, 0.5) is 0 Å². The molecule has 156 valence electrons. The van der Waals surface area contributed by atoms with E-state index in [1.54, 1.807) is 35.2 Å². The van der Waals surface area contributed by atoms with Gasteiger partial charge in [0.1, 0.15) is 17.4 Å². The Morgan fingerprint density at radius 1 is 1.16 bits per heavy atom. The molecule has 1 aliphatic carbocycles. The Hall–Kier alpha value is -3.59. The zero-order valence-corrected chi connectivity index (χ0v) is 17.1. The quantitative estimate of drug-likeness (QED) is 0.576. The minimum absolute atomic E-state index is 0.0297. The van der Waals surface area contributed by atoms with E-state index in [4.69, 9.17) is 4.74 Å². The van der Waals surface area contributed by atoms with Crippen molar-refractivity contribution in [1.82, 2.24) is 4.90 Å². The van der Waals surface area contributed by atoms with Crippen LogP contribution in [-0.4, -0.2) is 45.9 Å². The van der Waals surface area contributed by atoms with Crippen molar-refractivity contribution < 1.29 is 24.4 Å². The first-order chi connectivity index (χ1) is 14.9. The first kappa shape index (κ1) is 19.4. The molecule has 1 saturated heterocycles. The Balaban J connectivity index is 1.82. The van der Waals surface area contributed by atoms with E-state index >= 15 is 0 Å². The number of carbonyl (C=O) groups excluding carboxylic acids is 2. The van der Waals surface area contributed by atoms with Crippen LogP contribution in [0.15, 0.2) is 64.5 Å². The number of carbonyl (C=O) groups is 2. The summed E-state index contributed by atoms with van der Waals surface area (Å²) in [5, 5.41) is 23.2. The summed E-state index contributed by atoms with van der Waals surface area (Å²) in [6.45, 7) is 0.388. The SMILES string of the molecule is COc1ccc(C2C3=C(C(=O)c4ccccc4C3=O)N3CCSC3=C2[N+](=O)[O-])c(O)c1. The van der Waals surface area contributed by atoms with Gasteiger partial charge in [-0.1, -0.05) is 42.1 Å². The normalized spacial score (nSPS) is 19.9. The Morgan fingerprint density at radius 3 is 2.52 bits per heavy atom. The van der Waals surface area contributed by atoms with Gasteiger partial charge in [0.15, 0.2) is 10.8 Å². The van der Waals surface area contributed by atoms with Crippen molar-refractivity contribution >= 4 is 23.3 Å². The summed E-state index contributed by atoms with van der Waals surface area (Å²) < 4.78 is 5.12. The number of hydrogen-bond acceptors (Lipinski definition) is 8. The molecule has 0 amide bonds. The van der Waals surface area contributed by atoms with Crippen LogP contribution in [0.3, 0.4) is 0 Å². The van der Waals surface area contributed by atoms with E-state index in [0.29, 0.717) is 23.1 Å².